The van der Waals surface area contributed by atoms with E-state index in [1.54, 1.807) is 31.2 Å². The maximum Gasteiger partial charge on any atom is 0.372 e. The molecule has 0 atom stereocenters. The zero-order chi connectivity index (χ0) is 9.68. The molecule has 0 aliphatic rings. The second-order valence-corrected chi connectivity index (χ2v) is 3.68. The normalized spacial score (nSPS) is 9.69. The van der Waals surface area contributed by atoms with Crippen molar-refractivity contribution >= 4 is 28.7 Å². The van der Waals surface area contributed by atoms with Crippen molar-refractivity contribution < 1.29 is 9.53 Å². The average molecular weight is 217 g/mol. The predicted octanol–water partition coefficient (Wildman–Crippen LogP) is 3.59. The van der Waals surface area contributed by atoms with E-state index in [-0.39, 0.29) is 5.30 Å². The Labute approximate surface area is 86.2 Å². The van der Waals surface area contributed by atoms with Crippen molar-refractivity contribution in [3.63, 3.8) is 0 Å². The van der Waals surface area contributed by atoms with Gasteiger partial charge in [0.25, 0.3) is 0 Å². The van der Waals surface area contributed by atoms with Gasteiger partial charge in [-0.2, -0.15) is 0 Å². The highest BCUT2D eigenvalue weighted by atomic mass is 35.5. The van der Waals surface area contributed by atoms with Gasteiger partial charge in [-0.15, -0.1) is 0 Å². The van der Waals surface area contributed by atoms with Crippen LogP contribution in [0.15, 0.2) is 29.2 Å². The zero-order valence-corrected chi connectivity index (χ0v) is 8.69. The Kier molecular flexibility index (Phi) is 4.12. The molecule has 0 radical (unpaired) electrons. The van der Waals surface area contributed by atoms with Crippen LogP contribution in [-0.2, 0) is 4.74 Å². The lowest BCUT2D eigenvalue weighted by atomic mass is 10.4. The largest absolute Gasteiger partial charge is 0.458 e. The first-order valence-electron chi connectivity index (χ1n) is 3.82. The van der Waals surface area contributed by atoms with E-state index in [9.17, 15) is 4.79 Å². The van der Waals surface area contributed by atoms with Crippen LogP contribution >= 0.6 is 23.4 Å². The molecule has 0 aliphatic carbocycles. The minimum absolute atomic E-state index is 0.287. The van der Waals surface area contributed by atoms with Gasteiger partial charge < -0.3 is 4.74 Å². The van der Waals surface area contributed by atoms with E-state index in [0.29, 0.717) is 11.6 Å². The molecule has 1 rings (SSSR count). The molecule has 0 spiro atoms. The van der Waals surface area contributed by atoms with Gasteiger partial charge in [-0.1, -0.05) is 11.6 Å². The van der Waals surface area contributed by atoms with Crippen LogP contribution in [0.5, 0.6) is 0 Å². The molecule has 2 nitrogen and oxygen atoms in total. The monoisotopic (exact) mass is 216 g/mol. The highest BCUT2D eigenvalue weighted by Crippen LogP contribution is 2.21. The third-order valence-electron chi connectivity index (χ3n) is 1.28. The molecule has 70 valence electrons. The highest BCUT2D eigenvalue weighted by molar-refractivity contribution is 8.13. The molecule has 0 saturated heterocycles. The smallest absolute Gasteiger partial charge is 0.372 e. The molecule has 0 unspecified atom stereocenters. The molecule has 0 aromatic heterocycles. The van der Waals surface area contributed by atoms with E-state index in [1.165, 1.54) is 0 Å². The average Bonchev–Trinajstić information content (AvgIpc) is 2.09. The Morgan fingerprint density at radius 3 is 2.62 bits per heavy atom. The summed E-state index contributed by atoms with van der Waals surface area (Å²) in [5, 5.41) is 0.373. The lowest BCUT2D eigenvalue weighted by Gasteiger charge is -2.00. The summed E-state index contributed by atoms with van der Waals surface area (Å²) in [5.41, 5.74) is 0. The number of thioether (sulfide) groups is 1. The summed E-state index contributed by atoms with van der Waals surface area (Å²) >= 11 is 6.74. The first kappa shape index (κ1) is 10.4. The Morgan fingerprint density at radius 2 is 2.08 bits per heavy atom. The summed E-state index contributed by atoms with van der Waals surface area (Å²) < 4.78 is 4.77. The molecule has 0 bridgehead atoms. The second-order valence-electron chi connectivity index (χ2n) is 2.24. The zero-order valence-electron chi connectivity index (χ0n) is 7.12. The molecular formula is C9H9ClO2S. The maximum absolute atomic E-state index is 11.0. The summed E-state index contributed by atoms with van der Waals surface area (Å²) in [6, 6.07) is 7.04. The lowest BCUT2D eigenvalue weighted by Crippen LogP contribution is -1.95. The van der Waals surface area contributed by atoms with Gasteiger partial charge in [0, 0.05) is 9.92 Å². The van der Waals surface area contributed by atoms with Crippen LogP contribution in [0, 0.1) is 0 Å². The number of halogens is 1. The number of carbonyl (C=O) groups is 1. The fraction of sp³-hybridized carbons (Fsp3) is 0.222. The van der Waals surface area contributed by atoms with Crippen molar-refractivity contribution in [1.82, 2.24) is 0 Å². The standard InChI is InChI=1S/C9H9ClO2S/c1-2-12-9(11)13-8-5-3-7(10)4-6-8/h3-6H,2H2,1H3. The van der Waals surface area contributed by atoms with Gasteiger partial charge in [-0.25, -0.2) is 4.79 Å². The van der Waals surface area contributed by atoms with Crippen molar-refractivity contribution in [1.29, 1.82) is 0 Å². The third-order valence-corrected chi connectivity index (χ3v) is 2.32. The lowest BCUT2D eigenvalue weighted by molar-refractivity contribution is 0.181. The van der Waals surface area contributed by atoms with Gasteiger partial charge in [0.15, 0.2) is 0 Å². The molecule has 0 N–H and O–H groups in total. The first-order valence-corrected chi connectivity index (χ1v) is 5.02. The second kappa shape index (κ2) is 5.14. The van der Waals surface area contributed by atoms with Crippen molar-refractivity contribution in [3.8, 4) is 0 Å². The SMILES string of the molecule is CCOC(=O)Sc1ccc(Cl)cc1. The predicted molar refractivity (Wildman–Crippen MR) is 54.3 cm³/mol. The van der Waals surface area contributed by atoms with Gasteiger partial charge in [-0.05, 0) is 43.0 Å². The van der Waals surface area contributed by atoms with Crippen LogP contribution in [0.3, 0.4) is 0 Å². The molecule has 13 heavy (non-hydrogen) atoms. The van der Waals surface area contributed by atoms with Gasteiger partial charge in [0.1, 0.15) is 0 Å². The number of hydrogen-bond donors (Lipinski definition) is 0. The number of ether oxygens (including phenoxy) is 1. The molecule has 0 aliphatic heterocycles. The summed E-state index contributed by atoms with van der Waals surface area (Å²) in [5.74, 6) is 0. The van der Waals surface area contributed by atoms with Crippen LogP contribution in [0.25, 0.3) is 0 Å². The van der Waals surface area contributed by atoms with E-state index in [0.717, 1.165) is 16.7 Å². The van der Waals surface area contributed by atoms with Crippen molar-refractivity contribution in [2.75, 3.05) is 6.61 Å². The Morgan fingerprint density at radius 1 is 1.46 bits per heavy atom. The number of carbonyl (C=O) groups excluding carboxylic acids is 1. The van der Waals surface area contributed by atoms with Crippen molar-refractivity contribution in [2.24, 2.45) is 0 Å². The Hall–Kier alpha value is -0.670. The van der Waals surface area contributed by atoms with Crippen LogP contribution in [0.1, 0.15) is 6.92 Å². The maximum atomic E-state index is 11.0. The quantitative estimate of drug-likeness (QED) is 0.558. The Balaban J connectivity index is 2.54. The molecular weight excluding hydrogens is 208 g/mol. The molecule has 1 aromatic carbocycles. The summed E-state index contributed by atoms with van der Waals surface area (Å²) in [4.78, 5) is 11.8. The van der Waals surface area contributed by atoms with Crippen LogP contribution in [0.2, 0.25) is 5.02 Å². The van der Waals surface area contributed by atoms with Crippen molar-refractivity contribution in [3.05, 3.63) is 29.3 Å². The van der Waals surface area contributed by atoms with E-state index in [2.05, 4.69) is 0 Å². The van der Waals surface area contributed by atoms with Crippen molar-refractivity contribution in [2.45, 2.75) is 11.8 Å². The van der Waals surface area contributed by atoms with E-state index < -0.39 is 0 Å². The number of rotatable bonds is 2. The fourth-order valence-corrected chi connectivity index (χ4v) is 1.51. The summed E-state index contributed by atoms with van der Waals surface area (Å²) in [6.07, 6.45) is 0. The van der Waals surface area contributed by atoms with Crippen LogP contribution in [0.4, 0.5) is 4.79 Å². The first-order chi connectivity index (χ1) is 6.22. The minimum atomic E-state index is -0.287. The Bertz CT molecular complexity index is 284. The summed E-state index contributed by atoms with van der Waals surface area (Å²) in [6.45, 7) is 2.18. The molecule has 0 heterocycles. The van der Waals surface area contributed by atoms with Gasteiger partial charge >= 0.3 is 5.30 Å². The topological polar surface area (TPSA) is 26.3 Å². The van der Waals surface area contributed by atoms with E-state index in [1.807, 2.05) is 0 Å². The number of benzene rings is 1. The summed E-state index contributed by atoms with van der Waals surface area (Å²) in [7, 11) is 0. The molecule has 0 saturated carbocycles. The molecule has 1 aromatic rings. The van der Waals surface area contributed by atoms with Gasteiger partial charge in [0.05, 0.1) is 6.61 Å². The third kappa shape index (κ3) is 3.70. The van der Waals surface area contributed by atoms with Crippen LogP contribution in [-0.4, -0.2) is 11.9 Å². The molecule has 0 fully saturated rings. The van der Waals surface area contributed by atoms with E-state index >= 15 is 0 Å². The number of hydrogen-bond acceptors (Lipinski definition) is 3. The minimum Gasteiger partial charge on any atom is -0.458 e. The fourth-order valence-electron chi connectivity index (χ4n) is 0.746. The molecule has 0 amide bonds. The van der Waals surface area contributed by atoms with Gasteiger partial charge in [-0.3, -0.25) is 0 Å². The van der Waals surface area contributed by atoms with E-state index in [4.69, 9.17) is 16.3 Å². The molecule has 4 heteroatoms. The highest BCUT2D eigenvalue weighted by Gasteiger charge is 2.03. The van der Waals surface area contributed by atoms with Gasteiger partial charge in [0.2, 0.25) is 0 Å². The van der Waals surface area contributed by atoms with Crippen LogP contribution < -0.4 is 0 Å².